The molecule has 0 unspecified atom stereocenters. The molecule has 3 rings (SSSR count). The lowest BCUT2D eigenvalue weighted by Crippen LogP contribution is -2.49. The number of aryl methyl sites for hydroxylation is 1. The number of hydrogen-bond acceptors (Lipinski definition) is 4. The predicted octanol–water partition coefficient (Wildman–Crippen LogP) is 1.67. The molecule has 2 aromatic rings. The Morgan fingerprint density at radius 1 is 1.20 bits per heavy atom. The Morgan fingerprint density at radius 2 is 1.96 bits per heavy atom. The molecule has 1 aromatic carbocycles. The molecule has 0 aliphatic carbocycles. The van der Waals surface area contributed by atoms with E-state index in [0.717, 1.165) is 10.6 Å². The highest BCUT2D eigenvalue weighted by molar-refractivity contribution is 6.09. The van der Waals surface area contributed by atoms with Gasteiger partial charge < -0.3 is 5.32 Å². The van der Waals surface area contributed by atoms with Crippen LogP contribution in [0.5, 0.6) is 0 Å². The van der Waals surface area contributed by atoms with Crippen LogP contribution in [0.2, 0.25) is 0 Å². The van der Waals surface area contributed by atoms with Gasteiger partial charge in [-0.05, 0) is 37.5 Å². The minimum Gasteiger partial charge on any atom is -0.322 e. The lowest BCUT2D eigenvalue weighted by Gasteiger charge is -2.21. The summed E-state index contributed by atoms with van der Waals surface area (Å²) in [5.74, 6) is -1.05. The van der Waals surface area contributed by atoms with E-state index in [4.69, 9.17) is 0 Å². The molecule has 4 amide bonds. The van der Waals surface area contributed by atoms with Crippen LogP contribution in [0.15, 0.2) is 54.9 Å². The topological polar surface area (TPSA) is 91.4 Å². The van der Waals surface area contributed by atoms with Crippen molar-refractivity contribution in [3.05, 3.63) is 66.0 Å². The molecule has 128 valence electrons. The van der Waals surface area contributed by atoms with E-state index in [1.807, 2.05) is 30.3 Å². The Balaban J connectivity index is 1.68. The van der Waals surface area contributed by atoms with E-state index in [9.17, 15) is 14.4 Å². The molecular weight excluding hydrogens is 320 g/mol. The highest BCUT2D eigenvalue weighted by atomic mass is 16.2. The SMILES string of the molecule is C[C@@]1(CCc2ccccc2)NC(=O)N(NC(=O)c2cccnc2)C1=O. The Morgan fingerprint density at radius 3 is 2.64 bits per heavy atom. The van der Waals surface area contributed by atoms with Crippen molar-refractivity contribution in [3.8, 4) is 0 Å². The number of rotatable bonds is 5. The van der Waals surface area contributed by atoms with E-state index in [1.165, 1.54) is 12.4 Å². The van der Waals surface area contributed by atoms with Crippen molar-refractivity contribution >= 4 is 17.8 Å². The third-order valence-electron chi connectivity index (χ3n) is 4.15. The first-order chi connectivity index (χ1) is 12.0. The molecule has 1 aliphatic rings. The van der Waals surface area contributed by atoms with Crippen LogP contribution in [0.4, 0.5) is 4.79 Å². The van der Waals surface area contributed by atoms with E-state index < -0.39 is 23.4 Å². The van der Waals surface area contributed by atoms with E-state index >= 15 is 0 Å². The van der Waals surface area contributed by atoms with Gasteiger partial charge in [0.2, 0.25) is 0 Å². The number of urea groups is 1. The number of nitrogens with zero attached hydrogens (tertiary/aromatic N) is 2. The highest BCUT2D eigenvalue weighted by Gasteiger charge is 2.48. The van der Waals surface area contributed by atoms with Gasteiger partial charge >= 0.3 is 6.03 Å². The van der Waals surface area contributed by atoms with Gasteiger partial charge in [0.25, 0.3) is 11.8 Å². The zero-order valence-electron chi connectivity index (χ0n) is 13.7. The van der Waals surface area contributed by atoms with Gasteiger partial charge in [0.05, 0.1) is 5.56 Å². The van der Waals surface area contributed by atoms with Crippen LogP contribution in [0.3, 0.4) is 0 Å². The minimum absolute atomic E-state index is 0.265. The average Bonchev–Trinajstić information content (AvgIpc) is 2.85. The molecule has 0 radical (unpaired) electrons. The van der Waals surface area contributed by atoms with Crippen molar-refractivity contribution in [1.82, 2.24) is 20.7 Å². The molecule has 2 N–H and O–H groups in total. The van der Waals surface area contributed by atoms with Crippen LogP contribution >= 0.6 is 0 Å². The Bertz CT molecular complexity index is 794. The zero-order chi connectivity index (χ0) is 17.9. The summed E-state index contributed by atoms with van der Waals surface area (Å²) < 4.78 is 0. The van der Waals surface area contributed by atoms with E-state index in [2.05, 4.69) is 15.7 Å². The molecule has 0 saturated carbocycles. The first-order valence-corrected chi connectivity index (χ1v) is 7.91. The second-order valence-corrected chi connectivity index (χ2v) is 6.07. The first-order valence-electron chi connectivity index (χ1n) is 7.91. The monoisotopic (exact) mass is 338 g/mol. The van der Waals surface area contributed by atoms with E-state index in [0.29, 0.717) is 12.8 Å². The number of nitrogens with one attached hydrogen (secondary N) is 2. The maximum Gasteiger partial charge on any atom is 0.344 e. The molecule has 1 fully saturated rings. The van der Waals surface area contributed by atoms with Crippen molar-refractivity contribution in [2.24, 2.45) is 0 Å². The fraction of sp³-hybridized carbons (Fsp3) is 0.222. The number of pyridine rings is 1. The largest absolute Gasteiger partial charge is 0.344 e. The summed E-state index contributed by atoms with van der Waals surface area (Å²) in [5, 5.41) is 3.40. The molecule has 0 bridgehead atoms. The molecule has 1 atom stereocenters. The summed E-state index contributed by atoms with van der Waals surface area (Å²) >= 11 is 0. The smallest absolute Gasteiger partial charge is 0.322 e. The van der Waals surface area contributed by atoms with Crippen molar-refractivity contribution < 1.29 is 14.4 Å². The average molecular weight is 338 g/mol. The van der Waals surface area contributed by atoms with Crippen molar-refractivity contribution in [3.63, 3.8) is 0 Å². The van der Waals surface area contributed by atoms with Gasteiger partial charge in [-0.3, -0.25) is 20.0 Å². The number of imide groups is 1. The van der Waals surface area contributed by atoms with Gasteiger partial charge in [0.15, 0.2) is 0 Å². The van der Waals surface area contributed by atoms with Crippen LogP contribution < -0.4 is 10.7 Å². The second kappa shape index (κ2) is 6.72. The second-order valence-electron chi connectivity index (χ2n) is 6.07. The number of hydrogen-bond donors (Lipinski definition) is 2. The van der Waals surface area contributed by atoms with Gasteiger partial charge in [-0.25, -0.2) is 4.79 Å². The van der Waals surface area contributed by atoms with Gasteiger partial charge in [0.1, 0.15) is 5.54 Å². The number of amides is 4. The van der Waals surface area contributed by atoms with Gasteiger partial charge in [0, 0.05) is 12.4 Å². The fourth-order valence-electron chi connectivity index (χ4n) is 2.66. The standard InChI is InChI=1S/C18H18N4O3/c1-18(10-9-13-6-3-2-4-7-13)16(24)22(17(25)20-18)21-15(23)14-8-5-11-19-12-14/h2-8,11-12H,9-10H2,1H3,(H,20,25)(H,21,23)/t18-/m0/s1. The summed E-state index contributed by atoms with van der Waals surface area (Å²) in [7, 11) is 0. The Hall–Kier alpha value is -3.22. The van der Waals surface area contributed by atoms with Crippen LogP contribution in [-0.2, 0) is 11.2 Å². The third kappa shape index (κ3) is 3.50. The number of benzene rings is 1. The summed E-state index contributed by atoms with van der Waals surface area (Å²) in [6.07, 6.45) is 3.96. The molecule has 7 heteroatoms. The van der Waals surface area contributed by atoms with Crippen molar-refractivity contribution in [2.75, 3.05) is 0 Å². The van der Waals surface area contributed by atoms with E-state index in [1.54, 1.807) is 19.1 Å². The zero-order valence-corrected chi connectivity index (χ0v) is 13.7. The summed E-state index contributed by atoms with van der Waals surface area (Å²) in [4.78, 5) is 40.8. The van der Waals surface area contributed by atoms with Gasteiger partial charge in [-0.2, -0.15) is 5.01 Å². The van der Waals surface area contributed by atoms with Crippen LogP contribution in [0.1, 0.15) is 29.3 Å². The molecule has 1 aliphatic heterocycles. The summed E-state index contributed by atoms with van der Waals surface area (Å²) in [6.45, 7) is 1.66. The van der Waals surface area contributed by atoms with Gasteiger partial charge in [-0.1, -0.05) is 30.3 Å². The fourth-order valence-corrected chi connectivity index (χ4v) is 2.66. The molecule has 2 heterocycles. The number of hydrazine groups is 1. The number of carbonyl (C=O) groups excluding carboxylic acids is 3. The minimum atomic E-state index is -1.06. The predicted molar refractivity (Wildman–Crippen MR) is 90.2 cm³/mol. The lowest BCUT2D eigenvalue weighted by molar-refractivity contribution is -0.132. The lowest BCUT2D eigenvalue weighted by atomic mass is 9.93. The third-order valence-corrected chi connectivity index (χ3v) is 4.15. The maximum atomic E-state index is 12.6. The number of carbonyl (C=O) groups is 3. The quantitative estimate of drug-likeness (QED) is 0.811. The molecule has 7 nitrogen and oxygen atoms in total. The summed E-state index contributed by atoms with van der Waals surface area (Å²) in [6, 6.07) is 12.2. The van der Waals surface area contributed by atoms with Crippen LogP contribution in [-0.4, -0.2) is 33.4 Å². The highest BCUT2D eigenvalue weighted by Crippen LogP contribution is 2.22. The Kier molecular flexibility index (Phi) is 4.47. The maximum absolute atomic E-state index is 12.6. The summed E-state index contributed by atoms with van der Waals surface area (Å²) in [5.41, 5.74) is 2.62. The normalized spacial score (nSPS) is 19.6. The molecule has 0 spiro atoms. The van der Waals surface area contributed by atoms with Crippen LogP contribution in [0.25, 0.3) is 0 Å². The van der Waals surface area contributed by atoms with Crippen molar-refractivity contribution in [2.45, 2.75) is 25.3 Å². The number of aromatic nitrogens is 1. The Labute approximate surface area is 145 Å². The van der Waals surface area contributed by atoms with Gasteiger partial charge in [-0.15, -0.1) is 0 Å². The molecule has 25 heavy (non-hydrogen) atoms. The first kappa shape index (κ1) is 16.6. The molecule has 1 saturated heterocycles. The molecular formula is C18H18N4O3. The van der Waals surface area contributed by atoms with E-state index in [-0.39, 0.29) is 5.56 Å². The molecule has 1 aromatic heterocycles. The van der Waals surface area contributed by atoms with Crippen molar-refractivity contribution in [1.29, 1.82) is 0 Å². The van der Waals surface area contributed by atoms with Crippen LogP contribution in [0, 0.1) is 0 Å².